The SMILES string of the molecule is Fc1cnc(N2CCC3(CCOC[C@H]3COc3cccnc3)CC2)nc1. The number of hydrogen-bond donors (Lipinski definition) is 0. The number of anilines is 1. The fraction of sp³-hybridized carbons (Fsp3) is 0.526. The minimum Gasteiger partial charge on any atom is -0.492 e. The molecule has 0 radical (unpaired) electrons. The molecule has 0 amide bonds. The van der Waals surface area contributed by atoms with Crippen molar-refractivity contribution in [2.24, 2.45) is 11.3 Å². The van der Waals surface area contributed by atoms with Crippen molar-refractivity contribution < 1.29 is 13.9 Å². The van der Waals surface area contributed by atoms with Gasteiger partial charge in [0.1, 0.15) is 5.75 Å². The average molecular weight is 358 g/mol. The summed E-state index contributed by atoms with van der Waals surface area (Å²) in [5, 5.41) is 0. The lowest BCUT2D eigenvalue weighted by Gasteiger charge is -2.48. The first-order valence-electron chi connectivity index (χ1n) is 9.08. The summed E-state index contributed by atoms with van der Waals surface area (Å²) < 4.78 is 24.8. The molecule has 6 nitrogen and oxygen atoms in total. The minimum atomic E-state index is -0.403. The van der Waals surface area contributed by atoms with Gasteiger partial charge in [-0.15, -0.1) is 0 Å². The largest absolute Gasteiger partial charge is 0.492 e. The van der Waals surface area contributed by atoms with E-state index in [9.17, 15) is 4.39 Å². The van der Waals surface area contributed by atoms with E-state index in [1.165, 1.54) is 12.4 Å². The van der Waals surface area contributed by atoms with Gasteiger partial charge in [0, 0.05) is 31.8 Å². The summed E-state index contributed by atoms with van der Waals surface area (Å²) in [6.07, 6.45) is 9.07. The average Bonchev–Trinajstić information content (AvgIpc) is 2.70. The number of piperidine rings is 1. The van der Waals surface area contributed by atoms with Gasteiger partial charge < -0.3 is 14.4 Å². The summed E-state index contributed by atoms with van der Waals surface area (Å²) in [5.41, 5.74) is 0.219. The van der Waals surface area contributed by atoms with Crippen LogP contribution in [-0.4, -0.2) is 47.9 Å². The second-order valence-electron chi connectivity index (χ2n) is 7.07. The van der Waals surface area contributed by atoms with Gasteiger partial charge in [-0.3, -0.25) is 4.98 Å². The molecule has 4 rings (SSSR count). The molecule has 7 heteroatoms. The zero-order valence-electron chi connectivity index (χ0n) is 14.7. The summed E-state index contributed by atoms with van der Waals surface area (Å²) in [5.74, 6) is 1.36. The van der Waals surface area contributed by atoms with Gasteiger partial charge in [-0.05, 0) is 36.8 Å². The number of ether oxygens (including phenoxy) is 2. The Balaban J connectivity index is 1.40. The van der Waals surface area contributed by atoms with E-state index in [0.29, 0.717) is 18.5 Å². The van der Waals surface area contributed by atoms with Crippen molar-refractivity contribution in [1.82, 2.24) is 15.0 Å². The number of hydrogen-bond acceptors (Lipinski definition) is 6. The van der Waals surface area contributed by atoms with Crippen molar-refractivity contribution in [3.8, 4) is 5.75 Å². The first-order valence-corrected chi connectivity index (χ1v) is 9.08. The first kappa shape index (κ1) is 17.1. The van der Waals surface area contributed by atoms with Gasteiger partial charge in [-0.25, -0.2) is 14.4 Å². The molecular formula is C19H23FN4O2. The van der Waals surface area contributed by atoms with Gasteiger partial charge in [0.05, 0.1) is 31.8 Å². The van der Waals surface area contributed by atoms with Crippen LogP contribution in [0.3, 0.4) is 0 Å². The molecule has 0 unspecified atom stereocenters. The third-order valence-electron chi connectivity index (χ3n) is 5.66. The maximum atomic E-state index is 13.0. The molecule has 0 saturated carbocycles. The van der Waals surface area contributed by atoms with Crippen LogP contribution in [-0.2, 0) is 4.74 Å². The molecule has 2 fully saturated rings. The molecule has 1 atom stereocenters. The number of pyridine rings is 1. The smallest absolute Gasteiger partial charge is 0.225 e. The zero-order valence-corrected chi connectivity index (χ0v) is 14.7. The lowest BCUT2D eigenvalue weighted by atomic mass is 9.66. The highest BCUT2D eigenvalue weighted by molar-refractivity contribution is 5.30. The monoisotopic (exact) mass is 358 g/mol. The number of aromatic nitrogens is 3. The van der Waals surface area contributed by atoms with Crippen molar-refractivity contribution in [3.63, 3.8) is 0 Å². The van der Waals surface area contributed by atoms with Crippen LogP contribution in [0, 0.1) is 17.2 Å². The predicted octanol–water partition coefficient (Wildman–Crippen LogP) is 2.71. The van der Waals surface area contributed by atoms with E-state index in [4.69, 9.17) is 9.47 Å². The molecule has 2 aliphatic rings. The fourth-order valence-corrected chi connectivity index (χ4v) is 4.02. The maximum Gasteiger partial charge on any atom is 0.225 e. The normalized spacial score (nSPS) is 22.3. The van der Waals surface area contributed by atoms with Crippen LogP contribution in [0.25, 0.3) is 0 Å². The quantitative estimate of drug-likeness (QED) is 0.838. The third kappa shape index (κ3) is 3.62. The van der Waals surface area contributed by atoms with E-state index in [-0.39, 0.29) is 5.41 Å². The van der Waals surface area contributed by atoms with Crippen molar-refractivity contribution in [1.29, 1.82) is 0 Å². The third-order valence-corrected chi connectivity index (χ3v) is 5.66. The van der Waals surface area contributed by atoms with Crippen LogP contribution in [0.5, 0.6) is 5.75 Å². The molecule has 2 saturated heterocycles. The Bertz CT molecular complexity index is 705. The van der Waals surface area contributed by atoms with Gasteiger partial charge in [0.2, 0.25) is 5.95 Å². The molecule has 0 N–H and O–H groups in total. The van der Waals surface area contributed by atoms with E-state index in [1.54, 1.807) is 12.4 Å². The topological polar surface area (TPSA) is 60.4 Å². The molecule has 4 heterocycles. The first-order chi connectivity index (χ1) is 12.8. The van der Waals surface area contributed by atoms with Crippen molar-refractivity contribution in [2.75, 3.05) is 37.8 Å². The van der Waals surface area contributed by atoms with Gasteiger partial charge in [0.25, 0.3) is 0 Å². The highest BCUT2D eigenvalue weighted by atomic mass is 19.1. The summed E-state index contributed by atoms with van der Waals surface area (Å²) in [7, 11) is 0. The van der Waals surface area contributed by atoms with E-state index in [1.807, 2.05) is 12.1 Å². The van der Waals surface area contributed by atoms with Gasteiger partial charge in [-0.2, -0.15) is 0 Å². The van der Waals surface area contributed by atoms with Crippen LogP contribution >= 0.6 is 0 Å². The Morgan fingerprint density at radius 2 is 2.00 bits per heavy atom. The van der Waals surface area contributed by atoms with Gasteiger partial charge >= 0.3 is 0 Å². The number of rotatable bonds is 4. The summed E-state index contributed by atoms with van der Waals surface area (Å²) in [4.78, 5) is 14.5. The van der Waals surface area contributed by atoms with E-state index >= 15 is 0 Å². The molecule has 0 aromatic carbocycles. The highest BCUT2D eigenvalue weighted by Crippen LogP contribution is 2.45. The lowest BCUT2D eigenvalue weighted by Crippen LogP contribution is -2.50. The second kappa shape index (κ2) is 7.53. The van der Waals surface area contributed by atoms with Gasteiger partial charge in [0.15, 0.2) is 5.82 Å². The molecule has 1 spiro atoms. The molecular weight excluding hydrogens is 335 g/mol. The summed E-state index contributed by atoms with van der Waals surface area (Å²) in [6.45, 7) is 3.91. The molecule has 0 bridgehead atoms. The Kier molecular flexibility index (Phi) is 4.97. The van der Waals surface area contributed by atoms with Crippen LogP contribution in [0.2, 0.25) is 0 Å². The Hall–Kier alpha value is -2.28. The highest BCUT2D eigenvalue weighted by Gasteiger charge is 2.44. The Morgan fingerprint density at radius 3 is 2.73 bits per heavy atom. The van der Waals surface area contributed by atoms with Crippen molar-refractivity contribution >= 4 is 5.95 Å². The zero-order chi connectivity index (χ0) is 17.8. The van der Waals surface area contributed by atoms with E-state index in [0.717, 1.165) is 51.3 Å². The molecule has 26 heavy (non-hydrogen) atoms. The lowest BCUT2D eigenvalue weighted by molar-refractivity contribution is -0.0697. The van der Waals surface area contributed by atoms with E-state index in [2.05, 4.69) is 19.9 Å². The Morgan fingerprint density at radius 1 is 1.19 bits per heavy atom. The number of nitrogens with zero attached hydrogens (tertiary/aromatic N) is 4. The standard InChI is InChI=1S/C19H23FN4O2/c20-16-10-22-18(23-11-16)24-7-3-19(4-8-24)5-9-25-13-15(19)14-26-17-2-1-6-21-12-17/h1-2,6,10-12,15H,3-5,7-9,13-14H2/t15-/m0/s1. The number of halogens is 1. The summed E-state index contributed by atoms with van der Waals surface area (Å²) in [6, 6.07) is 3.81. The molecule has 138 valence electrons. The van der Waals surface area contributed by atoms with Crippen molar-refractivity contribution in [3.05, 3.63) is 42.7 Å². The maximum absolute atomic E-state index is 13.0. The predicted molar refractivity (Wildman–Crippen MR) is 94.5 cm³/mol. The molecule has 2 aromatic heterocycles. The fourth-order valence-electron chi connectivity index (χ4n) is 4.02. The molecule has 2 aromatic rings. The van der Waals surface area contributed by atoms with Crippen molar-refractivity contribution in [2.45, 2.75) is 19.3 Å². The van der Waals surface area contributed by atoms with E-state index < -0.39 is 5.82 Å². The van der Waals surface area contributed by atoms with Gasteiger partial charge in [-0.1, -0.05) is 0 Å². The molecule has 0 aliphatic carbocycles. The van der Waals surface area contributed by atoms with Crippen LogP contribution in [0.4, 0.5) is 10.3 Å². The minimum absolute atomic E-state index is 0.219. The van der Waals surface area contributed by atoms with Crippen LogP contribution in [0.1, 0.15) is 19.3 Å². The van der Waals surface area contributed by atoms with Crippen LogP contribution in [0.15, 0.2) is 36.9 Å². The summed E-state index contributed by atoms with van der Waals surface area (Å²) >= 11 is 0. The van der Waals surface area contributed by atoms with Crippen LogP contribution < -0.4 is 9.64 Å². The molecule has 2 aliphatic heterocycles. The Labute approximate surface area is 152 Å². The second-order valence-corrected chi connectivity index (χ2v) is 7.07.